The summed E-state index contributed by atoms with van der Waals surface area (Å²) in [6.45, 7) is 1.93. The maximum atomic E-state index is 11.3. The summed E-state index contributed by atoms with van der Waals surface area (Å²) in [6, 6.07) is 5.54. The summed E-state index contributed by atoms with van der Waals surface area (Å²) in [5.74, 6) is 0. The van der Waals surface area contributed by atoms with Gasteiger partial charge >= 0.3 is 5.69 Å². The van der Waals surface area contributed by atoms with Crippen LogP contribution in [0.3, 0.4) is 0 Å². The number of aromatic nitrogens is 2. The molecule has 1 aromatic heterocycles. The van der Waals surface area contributed by atoms with Crippen LogP contribution in [0.1, 0.15) is 5.56 Å². The van der Waals surface area contributed by atoms with Crippen molar-refractivity contribution in [1.29, 1.82) is 0 Å². The van der Waals surface area contributed by atoms with Crippen LogP contribution in [0.15, 0.2) is 35.4 Å². The van der Waals surface area contributed by atoms with Gasteiger partial charge in [0, 0.05) is 18.1 Å². The number of hydrogen-bond donors (Lipinski definition) is 2. The molecule has 72 valence electrons. The van der Waals surface area contributed by atoms with Crippen LogP contribution in [0, 0.1) is 6.92 Å². The molecule has 2 aromatic rings. The highest BCUT2D eigenvalue weighted by Crippen LogP contribution is 2.14. The number of H-pyrrole nitrogens is 1. The first-order valence-corrected chi connectivity index (χ1v) is 4.31. The molecule has 4 heteroatoms. The first kappa shape index (κ1) is 8.62. The average molecular weight is 189 g/mol. The van der Waals surface area contributed by atoms with Gasteiger partial charge in [0.15, 0.2) is 0 Å². The molecule has 0 amide bonds. The predicted octanol–water partition coefficient (Wildman–Crippen LogP) is 1.06. The van der Waals surface area contributed by atoms with Gasteiger partial charge in [-0.2, -0.15) is 0 Å². The van der Waals surface area contributed by atoms with Crippen molar-refractivity contribution in [2.45, 2.75) is 6.92 Å². The van der Waals surface area contributed by atoms with Crippen LogP contribution in [-0.2, 0) is 0 Å². The van der Waals surface area contributed by atoms with Gasteiger partial charge in [-0.05, 0) is 24.6 Å². The van der Waals surface area contributed by atoms with E-state index in [1.165, 1.54) is 4.57 Å². The number of anilines is 1. The Morgan fingerprint density at radius 3 is 2.79 bits per heavy atom. The van der Waals surface area contributed by atoms with Crippen molar-refractivity contribution in [2.75, 3.05) is 5.73 Å². The summed E-state index contributed by atoms with van der Waals surface area (Å²) in [5, 5.41) is 0. The Morgan fingerprint density at radius 2 is 2.21 bits per heavy atom. The summed E-state index contributed by atoms with van der Waals surface area (Å²) < 4.78 is 1.51. The zero-order chi connectivity index (χ0) is 10.1. The molecule has 0 atom stereocenters. The van der Waals surface area contributed by atoms with Crippen molar-refractivity contribution in [3.63, 3.8) is 0 Å². The van der Waals surface area contributed by atoms with Crippen molar-refractivity contribution >= 4 is 5.69 Å². The average Bonchev–Trinajstić information content (AvgIpc) is 2.57. The molecule has 3 N–H and O–H groups in total. The van der Waals surface area contributed by atoms with Gasteiger partial charge in [-0.1, -0.05) is 6.07 Å². The van der Waals surface area contributed by atoms with E-state index in [9.17, 15) is 4.79 Å². The number of rotatable bonds is 1. The molecule has 0 bridgehead atoms. The van der Waals surface area contributed by atoms with Crippen LogP contribution in [0.2, 0.25) is 0 Å². The lowest BCUT2D eigenvalue weighted by Crippen LogP contribution is -2.14. The lowest BCUT2D eigenvalue weighted by atomic mass is 10.2. The van der Waals surface area contributed by atoms with E-state index in [1.54, 1.807) is 18.5 Å². The minimum atomic E-state index is -0.159. The second-order valence-electron chi connectivity index (χ2n) is 3.18. The smallest absolute Gasteiger partial charge is 0.330 e. The number of nitrogens with two attached hydrogens (primary N) is 1. The molecular weight excluding hydrogens is 178 g/mol. The summed E-state index contributed by atoms with van der Waals surface area (Å²) in [7, 11) is 0. The van der Waals surface area contributed by atoms with Gasteiger partial charge in [-0.25, -0.2) is 4.79 Å². The largest absolute Gasteiger partial charge is 0.398 e. The molecule has 0 aliphatic carbocycles. The Bertz CT molecular complexity index is 510. The van der Waals surface area contributed by atoms with Gasteiger partial charge in [0.05, 0.1) is 5.69 Å². The topological polar surface area (TPSA) is 63.8 Å². The van der Waals surface area contributed by atoms with Crippen LogP contribution in [0.4, 0.5) is 5.69 Å². The van der Waals surface area contributed by atoms with Gasteiger partial charge < -0.3 is 10.7 Å². The lowest BCUT2D eigenvalue weighted by Gasteiger charge is -2.04. The van der Waals surface area contributed by atoms with Crippen molar-refractivity contribution in [3.8, 4) is 5.69 Å². The third-order valence-electron chi connectivity index (χ3n) is 2.19. The molecule has 14 heavy (non-hydrogen) atoms. The van der Waals surface area contributed by atoms with E-state index in [0.29, 0.717) is 5.69 Å². The second kappa shape index (κ2) is 3.06. The zero-order valence-corrected chi connectivity index (χ0v) is 7.82. The molecule has 1 aromatic carbocycles. The molecule has 0 aliphatic heterocycles. The summed E-state index contributed by atoms with van der Waals surface area (Å²) >= 11 is 0. The Kier molecular flexibility index (Phi) is 1.89. The molecule has 2 rings (SSSR count). The number of aromatic amines is 1. The Labute approximate surface area is 81.0 Å². The highest BCUT2D eigenvalue weighted by atomic mass is 16.1. The molecule has 0 saturated carbocycles. The molecule has 0 saturated heterocycles. The number of nitrogen functional groups attached to an aromatic ring is 1. The first-order valence-electron chi connectivity index (χ1n) is 4.31. The normalized spacial score (nSPS) is 10.4. The van der Waals surface area contributed by atoms with Crippen LogP contribution < -0.4 is 11.4 Å². The highest BCUT2D eigenvalue weighted by molar-refractivity contribution is 5.53. The zero-order valence-electron chi connectivity index (χ0n) is 7.82. The molecule has 0 aliphatic rings. The number of nitrogens with one attached hydrogen (secondary N) is 1. The minimum absolute atomic E-state index is 0.159. The van der Waals surface area contributed by atoms with Crippen molar-refractivity contribution < 1.29 is 0 Å². The third kappa shape index (κ3) is 1.31. The van der Waals surface area contributed by atoms with Crippen LogP contribution in [0.25, 0.3) is 5.69 Å². The van der Waals surface area contributed by atoms with Gasteiger partial charge in [0.1, 0.15) is 0 Å². The molecule has 1 heterocycles. The van der Waals surface area contributed by atoms with Gasteiger partial charge in [0.25, 0.3) is 0 Å². The van der Waals surface area contributed by atoms with E-state index in [2.05, 4.69) is 4.98 Å². The number of nitrogens with zero attached hydrogens (tertiary/aromatic N) is 1. The fourth-order valence-electron chi connectivity index (χ4n) is 1.30. The summed E-state index contributed by atoms with van der Waals surface area (Å²) in [5.41, 5.74) is 8.07. The van der Waals surface area contributed by atoms with Crippen molar-refractivity contribution in [3.05, 3.63) is 46.6 Å². The van der Waals surface area contributed by atoms with Gasteiger partial charge in [-0.15, -0.1) is 0 Å². The summed E-state index contributed by atoms with van der Waals surface area (Å²) in [6.07, 6.45) is 3.27. The standard InChI is InChI=1S/C10H11N3O/c1-7-2-3-8(6-9(7)11)13-5-4-12-10(13)14/h2-6H,11H2,1H3,(H,12,14). The predicted molar refractivity (Wildman–Crippen MR) is 55.5 cm³/mol. The monoisotopic (exact) mass is 189 g/mol. The fraction of sp³-hybridized carbons (Fsp3) is 0.100. The second-order valence-corrected chi connectivity index (χ2v) is 3.18. The van der Waals surface area contributed by atoms with Gasteiger partial charge in [-0.3, -0.25) is 4.57 Å². The molecule has 0 unspecified atom stereocenters. The van der Waals surface area contributed by atoms with Crippen LogP contribution in [0.5, 0.6) is 0 Å². The molecule has 0 spiro atoms. The molecule has 0 radical (unpaired) electrons. The van der Waals surface area contributed by atoms with Crippen molar-refractivity contribution in [1.82, 2.24) is 9.55 Å². The van der Waals surface area contributed by atoms with Crippen LogP contribution in [-0.4, -0.2) is 9.55 Å². The highest BCUT2D eigenvalue weighted by Gasteiger charge is 2.01. The SMILES string of the molecule is Cc1ccc(-n2cc[nH]c2=O)cc1N. The van der Waals surface area contributed by atoms with E-state index >= 15 is 0 Å². The Balaban J connectivity index is 2.59. The van der Waals surface area contributed by atoms with E-state index in [1.807, 2.05) is 19.1 Å². The maximum Gasteiger partial charge on any atom is 0.330 e. The van der Waals surface area contributed by atoms with Crippen molar-refractivity contribution in [2.24, 2.45) is 0 Å². The van der Waals surface area contributed by atoms with E-state index in [4.69, 9.17) is 5.73 Å². The number of hydrogen-bond acceptors (Lipinski definition) is 2. The minimum Gasteiger partial charge on any atom is -0.398 e. The number of benzene rings is 1. The third-order valence-corrected chi connectivity index (χ3v) is 2.19. The summed E-state index contributed by atoms with van der Waals surface area (Å²) in [4.78, 5) is 13.9. The Hall–Kier alpha value is -1.97. The molecule has 0 fully saturated rings. The van der Waals surface area contributed by atoms with E-state index < -0.39 is 0 Å². The molecule has 4 nitrogen and oxygen atoms in total. The number of aryl methyl sites for hydroxylation is 1. The first-order chi connectivity index (χ1) is 6.68. The Morgan fingerprint density at radius 1 is 1.43 bits per heavy atom. The van der Waals surface area contributed by atoms with E-state index in [0.717, 1.165) is 11.3 Å². The fourth-order valence-corrected chi connectivity index (χ4v) is 1.30. The number of imidazole rings is 1. The maximum absolute atomic E-state index is 11.3. The van der Waals surface area contributed by atoms with E-state index in [-0.39, 0.29) is 5.69 Å². The quantitative estimate of drug-likeness (QED) is 0.659. The van der Waals surface area contributed by atoms with Gasteiger partial charge in [0.2, 0.25) is 0 Å². The molecular formula is C10H11N3O. The van der Waals surface area contributed by atoms with Crippen LogP contribution >= 0.6 is 0 Å². The lowest BCUT2D eigenvalue weighted by molar-refractivity contribution is 0.987.